The van der Waals surface area contributed by atoms with Gasteiger partial charge in [-0.1, -0.05) is 36.4 Å². The summed E-state index contributed by atoms with van der Waals surface area (Å²) >= 11 is 0. The summed E-state index contributed by atoms with van der Waals surface area (Å²) < 4.78 is 46.7. The number of carbonyl (C=O) groups is 1. The molecule has 8 heteroatoms. The van der Waals surface area contributed by atoms with Crippen molar-refractivity contribution in [2.75, 3.05) is 27.2 Å². The quantitative estimate of drug-likeness (QED) is 0.608. The zero-order chi connectivity index (χ0) is 25.3. The molecule has 2 N–H and O–H groups in total. The van der Waals surface area contributed by atoms with Gasteiger partial charge in [0.2, 0.25) is 0 Å². The molecule has 1 unspecified atom stereocenters. The normalized spacial score (nSPS) is 26.1. The standard InChI is InChI=1S/C27H33F3N2O3/c1-32(2)15-14-31-24(33)35-22-10-11-23-20(16-22)8-9-21-18-26(34,27(28,29)30)13-12-25(21,23)17-19-6-4-3-5-7-19/h3-7,10-11,16,21,34H,8-9,12-15,17-18H2,1-2H3,(H,31,33)/t21?,25-,26+/m0/s1. The third-order valence-corrected chi connectivity index (χ3v) is 7.65. The van der Waals surface area contributed by atoms with E-state index in [0.29, 0.717) is 38.1 Å². The summed E-state index contributed by atoms with van der Waals surface area (Å²) in [5, 5.41) is 13.2. The maximum absolute atomic E-state index is 13.7. The number of fused-ring (bicyclic) bond motifs is 3. The number of amides is 1. The first-order chi connectivity index (χ1) is 16.5. The van der Waals surface area contributed by atoms with Crippen LogP contribution in [-0.2, 0) is 18.3 Å². The van der Waals surface area contributed by atoms with Crippen molar-refractivity contribution >= 4 is 6.09 Å². The zero-order valence-electron chi connectivity index (χ0n) is 20.2. The number of rotatable bonds is 6. The Morgan fingerprint density at radius 2 is 1.91 bits per heavy atom. The minimum Gasteiger partial charge on any atom is -0.410 e. The highest BCUT2D eigenvalue weighted by atomic mass is 19.4. The largest absolute Gasteiger partial charge is 0.417 e. The molecule has 0 heterocycles. The average molecular weight is 491 g/mol. The Balaban J connectivity index is 1.62. The molecular formula is C27H33F3N2O3. The van der Waals surface area contributed by atoms with Crippen molar-refractivity contribution in [3.63, 3.8) is 0 Å². The Kier molecular flexibility index (Phi) is 7.16. The van der Waals surface area contributed by atoms with Crippen molar-refractivity contribution in [2.24, 2.45) is 5.92 Å². The molecule has 4 rings (SSSR count). The molecule has 0 aliphatic heterocycles. The number of ether oxygens (including phenoxy) is 1. The number of aryl methyl sites for hydroxylation is 1. The van der Waals surface area contributed by atoms with Crippen LogP contribution in [0.5, 0.6) is 5.75 Å². The number of benzene rings is 2. The molecule has 0 saturated heterocycles. The zero-order valence-corrected chi connectivity index (χ0v) is 20.2. The molecule has 1 amide bonds. The Bertz CT molecular complexity index is 1040. The van der Waals surface area contributed by atoms with Gasteiger partial charge < -0.3 is 20.1 Å². The second-order valence-electron chi connectivity index (χ2n) is 10.2. The Hall–Kier alpha value is -2.58. The maximum atomic E-state index is 13.7. The van der Waals surface area contributed by atoms with Crippen LogP contribution in [0.1, 0.15) is 42.4 Å². The minimum absolute atomic E-state index is 0.237. The lowest BCUT2D eigenvalue weighted by molar-refractivity contribution is -0.279. The smallest absolute Gasteiger partial charge is 0.410 e. The predicted molar refractivity (Wildman–Crippen MR) is 128 cm³/mol. The Morgan fingerprint density at radius 3 is 2.60 bits per heavy atom. The second-order valence-corrected chi connectivity index (χ2v) is 10.2. The van der Waals surface area contributed by atoms with Gasteiger partial charge in [0.25, 0.3) is 0 Å². The van der Waals surface area contributed by atoms with Gasteiger partial charge in [0.1, 0.15) is 5.75 Å². The summed E-state index contributed by atoms with van der Waals surface area (Å²) in [4.78, 5) is 14.1. The van der Waals surface area contributed by atoms with E-state index in [-0.39, 0.29) is 25.2 Å². The topological polar surface area (TPSA) is 61.8 Å². The van der Waals surface area contributed by atoms with E-state index in [1.54, 1.807) is 6.07 Å². The van der Waals surface area contributed by atoms with E-state index in [0.717, 1.165) is 16.7 Å². The molecule has 1 saturated carbocycles. The Labute approximate surface area is 204 Å². The SMILES string of the molecule is CN(C)CCNC(=O)Oc1ccc2c(c1)CCC1C[C@@](O)(C(F)(F)F)CC[C@@]21Cc1ccccc1. The number of hydrogen-bond acceptors (Lipinski definition) is 4. The van der Waals surface area contributed by atoms with Crippen molar-refractivity contribution in [3.05, 3.63) is 65.2 Å². The van der Waals surface area contributed by atoms with Crippen LogP contribution in [-0.4, -0.2) is 55.1 Å². The number of nitrogens with one attached hydrogen (secondary N) is 1. The van der Waals surface area contributed by atoms with Crippen molar-refractivity contribution < 1.29 is 27.8 Å². The minimum atomic E-state index is -4.65. The third-order valence-electron chi connectivity index (χ3n) is 7.65. The van der Waals surface area contributed by atoms with E-state index in [1.807, 2.05) is 61.5 Å². The van der Waals surface area contributed by atoms with Crippen molar-refractivity contribution in [1.82, 2.24) is 10.2 Å². The molecule has 2 aliphatic rings. The number of carbonyl (C=O) groups excluding carboxylic acids is 1. The van der Waals surface area contributed by atoms with Gasteiger partial charge in [0.15, 0.2) is 5.60 Å². The van der Waals surface area contributed by atoms with Crippen LogP contribution in [0, 0.1) is 5.92 Å². The highest BCUT2D eigenvalue weighted by Crippen LogP contribution is 2.57. The van der Waals surface area contributed by atoms with E-state index in [9.17, 15) is 23.1 Å². The number of aliphatic hydroxyl groups is 1. The molecule has 2 aliphatic carbocycles. The second kappa shape index (κ2) is 9.82. The van der Waals surface area contributed by atoms with Crippen LogP contribution in [0.3, 0.4) is 0 Å². The van der Waals surface area contributed by atoms with E-state index in [1.165, 1.54) is 0 Å². The molecule has 5 nitrogen and oxygen atoms in total. The lowest BCUT2D eigenvalue weighted by atomic mass is 9.52. The van der Waals surface area contributed by atoms with Crippen LogP contribution in [0.25, 0.3) is 0 Å². The molecule has 0 spiro atoms. The number of hydrogen-bond donors (Lipinski definition) is 2. The van der Waals surface area contributed by atoms with Gasteiger partial charge in [-0.05, 0) is 87.4 Å². The monoisotopic (exact) mass is 490 g/mol. The first-order valence-electron chi connectivity index (χ1n) is 12.1. The van der Waals surface area contributed by atoms with Crippen LogP contribution >= 0.6 is 0 Å². The summed E-state index contributed by atoms with van der Waals surface area (Å²) in [5.41, 5.74) is -0.110. The number of nitrogens with zero attached hydrogens (tertiary/aromatic N) is 1. The molecule has 3 atom stereocenters. The van der Waals surface area contributed by atoms with Gasteiger partial charge in [-0.3, -0.25) is 0 Å². The van der Waals surface area contributed by atoms with Gasteiger partial charge in [-0.2, -0.15) is 13.2 Å². The molecule has 190 valence electrons. The summed E-state index contributed by atoms with van der Waals surface area (Å²) in [6.07, 6.45) is -3.86. The highest BCUT2D eigenvalue weighted by molar-refractivity contribution is 5.70. The molecular weight excluding hydrogens is 457 g/mol. The van der Waals surface area contributed by atoms with Crippen LogP contribution < -0.4 is 10.1 Å². The summed E-state index contributed by atoms with van der Waals surface area (Å²) in [6, 6.07) is 15.3. The maximum Gasteiger partial charge on any atom is 0.417 e. The van der Waals surface area contributed by atoms with Crippen LogP contribution in [0.4, 0.5) is 18.0 Å². The van der Waals surface area contributed by atoms with Crippen molar-refractivity contribution in [1.29, 1.82) is 0 Å². The third kappa shape index (κ3) is 5.33. The summed E-state index contributed by atoms with van der Waals surface area (Å²) in [7, 11) is 3.83. The van der Waals surface area contributed by atoms with Crippen LogP contribution in [0.15, 0.2) is 48.5 Å². The van der Waals surface area contributed by atoms with E-state index < -0.39 is 23.3 Å². The van der Waals surface area contributed by atoms with Gasteiger partial charge in [0, 0.05) is 18.5 Å². The molecule has 35 heavy (non-hydrogen) atoms. The van der Waals surface area contributed by atoms with Gasteiger partial charge >= 0.3 is 12.3 Å². The van der Waals surface area contributed by atoms with Crippen molar-refractivity contribution in [3.8, 4) is 5.75 Å². The lowest BCUT2D eigenvalue weighted by Crippen LogP contribution is -2.56. The molecule has 0 bridgehead atoms. The first kappa shape index (κ1) is 25.5. The molecule has 0 radical (unpaired) electrons. The summed E-state index contributed by atoms with van der Waals surface area (Å²) in [6.45, 7) is 1.15. The van der Waals surface area contributed by atoms with E-state index in [2.05, 4.69) is 5.32 Å². The molecule has 0 aromatic heterocycles. The number of alkyl halides is 3. The van der Waals surface area contributed by atoms with E-state index >= 15 is 0 Å². The first-order valence-corrected chi connectivity index (χ1v) is 12.1. The van der Waals surface area contributed by atoms with Gasteiger partial charge in [-0.25, -0.2) is 4.79 Å². The Morgan fingerprint density at radius 1 is 1.17 bits per heavy atom. The van der Waals surface area contributed by atoms with Crippen molar-refractivity contribution in [2.45, 2.75) is 55.7 Å². The van der Waals surface area contributed by atoms with Crippen LogP contribution in [0.2, 0.25) is 0 Å². The lowest BCUT2D eigenvalue weighted by Gasteiger charge is -2.53. The number of halogens is 3. The molecule has 2 aromatic rings. The van der Waals surface area contributed by atoms with Gasteiger partial charge in [-0.15, -0.1) is 0 Å². The highest BCUT2D eigenvalue weighted by Gasteiger charge is 2.61. The average Bonchev–Trinajstić information content (AvgIpc) is 2.79. The summed E-state index contributed by atoms with van der Waals surface area (Å²) in [5.74, 6) is 0.110. The van der Waals surface area contributed by atoms with E-state index in [4.69, 9.17) is 4.74 Å². The molecule has 1 fully saturated rings. The van der Waals surface area contributed by atoms with Gasteiger partial charge in [0.05, 0.1) is 0 Å². The fraction of sp³-hybridized carbons (Fsp3) is 0.519. The fourth-order valence-corrected chi connectivity index (χ4v) is 5.80. The number of likely N-dealkylation sites (N-methyl/N-ethyl adjacent to an activating group) is 1. The predicted octanol–water partition coefficient (Wildman–Crippen LogP) is 4.86. The fourth-order valence-electron chi connectivity index (χ4n) is 5.80. The molecule has 2 aromatic carbocycles.